The molecule has 1 amide bonds. The predicted molar refractivity (Wildman–Crippen MR) is 68.1 cm³/mol. The molecule has 6 nitrogen and oxygen atoms in total. The molecule has 0 spiro atoms. The number of aliphatic carboxylic acids is 1. The second kappa shape index (κ2) is 5.56. The quantitative estimate of drug-likeness (QED) is 0.874. The summed E-state index contributed by atoms with van der Waals surface area (Å²) in [7, 11) is 0. The number of aliphatic hydroxyl groups is 1. The molecule has 1 saturated heterocycles. The molecule has 22 heavy (non-hydrogen) atoms. The van der Waals surface area contributed by atoms with Crippen LogP contribution in [0.3, 0.4) is 0 Å². The van der Waals surface area contributed by atoms with E-state index in [0.717, 1.165) is 6.07 Å². The molecule has 0 aliphatic carbocycles. The standard InChI is InChI=1S/C13H13F3N2O4/c1-6-2-8(13(14,15)16)4-9(17-6)18-10(20)3-7(5-19)11(18)12(21)22/h2,4,7,11,19H,3,5H2,1H3,(H,21,22)/t7-,11+/m1/s1. The lowest BCUT2D eigenvalue weighted by molar-refractivity contribution is -0.140. The van der Waals surface area contributed by atoms with Crippen molar-refractivity contribution in [2.24, 2.45) is 5.92 Å². The number of amides is 1. The van der Waals surface area contributed by atoms with E-state index in [1.54, 1.807) is 0 Å². The molecule has 0 aromatic carbocycles. The smallest absolute Gasteiger partial charge is 0.416 e. The first-order chi connectivity index (χ1) is 10.1. The Morgan fingerprint density at radius 1 is 1.45 bits per heavy atom. The number of rotatable bonds is 3. The molecular formula is C13H13F3N2O4. The van der Waals surface area contributed by atoms with Crippen molar-refractivity contribution in [3.8, 4) is 0 Å². The molecule has 0 unspecified atom stereocenters. The summed E-state index contributed by atoms with van der Waals surface area (Å²) in [6, 6.07) is 0.0112. The fraction of sp³-hybridized carbons (Fsp3) is 0.462. The SMILES string of the molecule is Cc1cc(C(F)(F)F)cc(N2C(=O)C[C@H](CO)[C@H]2C(=O)O)n1. The van der Waals surface area contributed by atoms with Gasteiger partial charge < -0.3 is 10.2 Å². The van der Waals surface area contributed by atoms with Crippen molar-refractivity contribution in [3.63, 3.8) is 0 Å². The monoisotopic (exact) mass is 318 g/mol. The largest absolute Gasteiger partial charge is 0.480 e. The number of aliphatic hydroxyl groups excluding tert-OH is 1. The van der Waals surface area contributed by atoms with Gasteiger partial charge in [-0.05, 0) is 19.1 Å². The molecule has 9 heteroatoms. The number of carboxylic acid groups (broad SMARTS) is 1. The van der Waals surface area contributed by atoms with E-state index < -0.39 is 42.2 Å². The maximum atomic E-state index is 12.8. The van der Waals surface area contributed by atoms with Crippen LogP contribution in [0, 0.1) is 12.8 Å². The lowest BCUT2D eigenvalue weighted by Gasteiger charge is -2.24. The number of alkyl halides is 3. The Hall–Kier alpha value is -2.16. The molecule has 0 radical (unpaired) electrons. The van der Waals surface area contributed by atoms with Crippen LogP contribution in [0.1, 0.15) is 17.7 Å². The van der Waals surface area contributed by atoms with Gasteiger partial charge in [0.2, 0.25) is 5.91 Å². The molecular weight excluding hydrogens is 305 g/mol. The highest BCUT2D eigenvalue weighted by atomic mass is 19.4. The van der Waals surface area contributed by atoms with E-state index in [1.165, 1.54) is 6.92 Å². The third-order valence-corrected chi connectivity index (χ3v) is 3.43. The molecule has 2 rings (SSSR count). The van der Waals surface area contributed by atoms with Crippen LogP contribution in [0.2, 0.25) is 0 Å². The van der Waals surface area contributed by atoms with Crippen LogP contribution >= 0.6 is 0 Å². The topological polar surface area (TPSA) is 90.7 Å². The average Bonchev–Trinajstić information content (AvgIpc) is 2.74. The number of nitrogens with zero attached hydrogens (tertiary/aromatic N) is 2. The van der Waals surface area contributed by atoms with Crippen LogP contribution < -0.4 is 4.90 Å². The number of carbonyl (C=O) groups is 2. The fourth-order valence-corrected chi connectivity index (χ4v) is 2.49. The number of carbonyl (C=O) groups excluding carboxylic acids is 1. The van der Waals surface area contributed by atoms with Gasteiger partial charge in [0.25, 0.3) is 0 Å². The van der Waals surface area contributed by atoms with Gasteiger partial charge in [-0.3, -0.25) is 9.69 Å². The van der Waals surface area contributed by atoms with Gasteiger partial charge in [0.05, 0.1) is 5.56 Å². The van der Waals surface area contributed by atoms with Crippen molar-refractivity contribution >= 4 is 17.7 Å². The second-order valence-electron chi connectivity index (χ2n) is 5.05. The van der Waals surface area contributed by atoms with Gasteiger partial charge in [0.15, 0.2) is 0 Å². The molecule has 1 aliphatic rings. The van der Waals surface area contributed by atoms with Crippen LogP contribution in [0.15, 0.2) is 12.1 Å². The first kappa shape index (κ1) is 16.2. The van der Waals surface area contributed by atoms with E-state index in [0.29, 0.717) is 11.0 Å². The molecule has 2 atom stereocenters. The predicted octanol–water partition coefficient (Wildman–Crippen LogP) is 1.21. The van der Waals surface area contributed by atoms with Gasteiger partial charge in [-0.1, -0.05) is 0 Å². The van der Waals surface area contributed by atoms with Crippen molar-refractivity contribution in [1.29, 1.82) is 0 Å². The minimum Gasteiger partial charge on any atom is -0.480 e. The van der Waals surface area contributed by atoms with Crippen molar-refractivity contribution in [2.45, 2.75) is 25.6 Å². The van der Waals surface area contributed by atoms with Gasteiger partial charge in [0.1, 0.15) is 11.9 Å². The number of hydrogen-bond donors (Lipinski definition) is 2. The number of carboxylic acids is 1. The lowest BCUT2D eigenvalue weighted by atomic mass is 10.0. The summed E-state index contributed by atoms with van der Waals surface area (Å²) in [5.41, 5.74) is -1.01. The molecule has 1 aromatic rings. The van der Waals surface area contributed by atoms with Gasteiger partial charge >= 0.3 is 12.1 Å². The van der Waals surface area contributed by atoms with E-state index in [2.05, 4.69) is 4.98 Å². The number of hydrogen-bond acceptors (Lipinski definition) is 4. The lowest BCUT2D eigenvalue weighted by Crippen LogP contribution is -2.43. The van der Waals surface area contributed by atoms with Gasteiger partial charge in [0, 0.05) is 24.6 Å². The first-order valence-corrected chi connectivity index (χ1v) is 6.36. The Bertz CT molecular complexity index is 618. The van der Waals surface area contributed by atoms with E-state index in [9.17, 15) is 27.9 Å². The third kappa shape index (κ3) is 2.89. The Kier molecular flexibility index (Phi) is 4.10. The van der Waals surface area contributed by atoms with E-state index >= 15 is 0 Å². The number of aryl methyl sites for hydroxylation is 1. The fourth-order valence-electron chi connectivity index (χ4n) is 2.49. The number of pyridine rings is 1. The molecule has 2 N–H and O–H groups in total. The van der Waals surface area contributed by atoms with Gasteiger partial charge in [-0.25, -0.2) is 9.78 Å². The summed E-state index contributed by atoms with van der Waals surface area (Å²) < 4.78 is 38.5. The van der Waals surface area contributed by atoms with Crippen molar-refractivity contribution in [2.75, 3.05) is 11.5 Å². The van der Waals surface area contributed by atoms with Crippen LogP contribution in [0.25, 0.3) is 0 Å². The number of anilines is 1. The van der Waals surface area contributed by atoms with Crippen LogP contribution in [0.5, 0.6) is 0 Å². The highest BCUT2D eigenvalue weighted by molar-refractivity contribution is 6.02. The molecule has 1 aromatic heterocycles. The highest BCUT2D eigenvalue weighted by Gasteiger charge is 2.46. The van der Waals surface area contributed by atoms with E-state index in [4.69, 9.17) is 5.11 Å². The zero-order valence-corrected chi connectivity index (χ0v) is 11.5. The minimum absolute atomic E-state index is 0.00853. The average molecular weight is 318 g/mol. The Labute approximate surface area is 123 Å². The molecule has 2 heterocycles. The van der Waals surface area contributed by atoms with Crippen LogP contribution in [-0.2, 0) is 15.8 Å². The summed E-state index contributed by atoms with van der Waals surface area (Å²) in [5, 5.41) is 18.4. The molecule has 0 bridgehead atoms. The van der Waals surface area contributed by atoms with Crippen LogP contribution in [-0.4, -0.2) is 39.7 Å². The van der Waals surface area contributed by atoms with E-state index in [1.807, 2.05) is 0 Å². The number of halogens is 3. The Morgan fingerprint density at radius 2 is 2.09 bits per heavy atom. The normalized spacial score (nSPS) is 22.2. The number of aromatic nitrogens is 1. The van der Waals surface area contributed by atoms with Crippen LogP contribution in [0.4, 0.5) is 19.0 Å². The van der Waals surface area contributed by atoms with Crippen molar-refractivity contribution in [3.05, 3.63) is 23.4 Å². The Balaban J connectivity index is 2.52. The van der Waals surface area contributed by atoms with Gasteiger partial charge in [-0.15, -0.1) is 0 Å². The maximum absolute atomic E-state index is 12.8. The van der Waals surface area contributed by atoms with Crippen molar-refractivity contribution < 1.29 is 33.0 Å². The zero-order chi connectivity index (χ0) is 16.7. The molecule has 1 aliphatic heterocycles. The van der Waals surface area contributed by atoms with E-state index in [-0.39, 0.29) is 17.9 Å². The summed E-state index contributed by atoms with van der Waals surface area (Å²) in [6.07, 6.45) is -4.90. The molecule has 0 saturated carbocycles. The summed E-state index contributed by atoms with van der Waals surface area (Å²) in [6.45, 7) is 0.760. The molecule has 1 fully saturated rings. The first-order valence-electron chi connectivity index (χ1n) is 6.36. The van der Waals surface area contributed by atoms with Crippen molar-refractivity contribution in [1.82, 2.24) is 4.98 Å². The molecule has 120 valence electrons. The third-order valence-electron chi connectivity index (χ3n) is 3.43. The zero-order valence-electron chi connectivity index (χ0n) is 11.5. The minimum atomic E-state index is -4.64. The van der Waals surface area contributed by atoms with Gasteiger partial charge in [-0.2, -0.15) is 13.2 Å². The second-order valence-corrected chi connectivity index (χ2v) is 5.05. The Morgan fingerprint density at radius 3 is 2.59 bits per heavy atom. The highest BCUT2D eigenvalue weighted by Crippen LogP contribution is 2.35. The maximum Gasteiger partial charge on any atom is 0.416 e. The summed E-state index contributed by atoms with van der Waals surface area (Å²) >= 11 is 0. The summed E-state index contributed by atoms with van der Waals surface area (Å²) in [5.74, 6) is -3.35. The summed E-state index contributed by atoms with van der Waals surface area (Å²) in [4.78, 5) is 27.8.